The summed E-state index contributed by atoms with van der Waals surface area (Å²) in [6.07, 6.45) is 0.747. The van der Waals surface area contributed by atoms with Crippen molar-refractivity contribution in [3.63, 3.8) is 0 Å². The Balaban J connectivity index is 1.90. The Morgan fingerprint density at radius 1 is 1.22 bits per heavy atom. The first-order valence-electron chi connectivity index (χ1n) is 6.92. The van der Waals surface area contributed by atoms with Gasteiger partial charge in [0.15, 0.2) is 5.76 Å². The van der Waals surface area contributed by atoms with Gasteiger partial charge in [-0.05, 0) is 24.3 Å². The number of carbonyl (C=O) groups excluding carboxylic acids is 2. The van der Waals surface area contributed by atoms with Gasteiger partial charge in [0.25, 0.3) is 5.90 Å². The van der Waals surface area contributed by atoms with Crippen LogP contribution in [0.1, 0.15) is 31.4 Å². The van der Waals surface area contributed by atoms with Crippen LogP contribution in [0, 0.1) is 0 Å². The molecule has 0 bridgehead atoms. The summed E-state index contributed by atoms with van der Waals surface area (Å²) >= 11 is 0. The van der Waals surface area contributed by atoms with Crippen molar-refractivity contribution in [2.24, 2.45) is 5.10 Å². The molecule has 1 aliphatic heterocycles. The van der Waals surface area contributed by atoms with E-state index in [1.54, 1.807) is 36.4 Å². The van der Waals surface area contributed by atoms with E-state index in [2.05, 4.69) is 5.10 Å². The lowest BCUT2D eigenvalue weighted by molar-refractivity contribution is -0.135. The van der Waals surface area contributed by atoms with Crippen LogP contribution in [0.3, 0.4) is 0 Å². The molecule has 0 radical (unpaired) electrons. The monoisotopic (exact) mass is 314 g/mol. The van der Waals surface area contributed by atoms with Crippen molar-refractivity contribution < 1.29 is 23.5 Å². The molecule has 0 saturated carbocycles. The Kier molecular flexibility index (Phi) is 3.84. The Morgan fingerprint density at radius 3 is 2.70 bits per heavy atom. The molecule has 0 fully saturated rings. The molecular formula is C16H14N2O5. The number of carbonyl (C=O) groups is 2. The zero-order chi connectivity index (χ0) is 16.4. The number of hydrogen-bond acceptors (Lipinski definition) is 6. The van der Waals surface area contributed by atoms with Crippen molar-refractivity contribution in [2.45, 2.75) is 20.1 Å². The van der Waals surface area contributed by atoms with E-state index in [0.717, 1.165) is 0 Å². The summed E-state index contributed by atoms with van der Waals surface area (Å²) in [5.41, 5.74) is 0.629. The first-order chi connectivity index (χ1) is 11.0. The number of benzene rings is 1. The molecule has 1 atom stereocenters. The van der Waals surface area contributed by atoms with Crippen molar-refractivity contribution in [1.29, 1.82) is 0 Å². The van der Waals surface area contributed by atoms with E-state index in [1.807, 2.05) is 0 Å². The fourth-order valence-electron chi connectivity index (χ4n) is 2.18. The van der Waals surface area contributed by atoms with Crippen LogP contribution in [0.2, 0.25) is 0 Å². The second-order valence-electron chi connectivity index (χ2n) is 4.88. The summed E-state index contributed by atoms with van der Waals surface area (Å²) in [6, 6.07) is 10.1. The van der Waals surface area contributed by atoms with Crippen LogP contribution in [0.25, 0.3) is 0 Å². The summed E-state index contributed by atoms with van der Waals surface area (Å²) in [6.45, 7) is 2.71. The third-order valence-corrected chi connectivity index (χ3v) is 3.10. The van der Waals surface area contributed by atoms with E-state index in [-0.39, 0.29) is 11.8 Å². The minimum absolute atomic E-state index is 0.216. The number of furan rings is 1. The molecule has 2 heterocycles. The van der Waals surface area contributed by atoms with Gasteiger partial charge >= 0.3 is 5.97 Å². The minimum Gasteiger partial charge on any atom is -0.459 e. The highest BCUT2D eigenvalue weighted by Gasteiger charge is 2.34. The highest BCUT2D eigenvalue weighted by molar-refractivity contribution is 5.93. The highest BCUT2D eigenvalue weighted by Crippen LogP contribution is 2.32. The lowest BCUT2D eigenvalue weighted by Gasteiger charge is -2.19. The van der Waals surface area contributed by atoms with Gasteiger partial charge in [0.1, 0.15) is 5.75 Å². The maximum Gasteiger partial charge on any atom is 0.308 e. The Morgan fingerprint density at radius 2 is 2.04 bits per heavy atom. The number of nitrogens with zero attached hydrogens (tertiary/aromatic N) is 2. The summed E-state index contributed by atoms with van der Waals surface area (Å²) in [5.74, 6) is 0.302. The van der Waals surface area contributed by atoms with E-state index < -0.39 is 12.2 Å². The molecule has 3 rings (SSSR count). The molecule has 7 nitrogen and oxygen atoms in total. The molecule has 0 aliphatic carbocycles. The number of amides is 1. The van der Waals surface area contributed by atoms with Gasteiger partial charge < -0.3 is 13.9 Å². The minimum atomic E-state index is -0.747. The molecule has 1 amide bonds. The van der Waals surface area contributed by atoms with Crippen LogP contribution in [0.5, 0.6) is 5.75 Å². The molecule has 118 valence electrons. The maximum absolute atomic E-state index is 11.8. The Labute approximate surface area is 132 Å². The third kappa shape index (κ3) is 3.08. The fourth-order valence-corrected chi connectivity index (χ4v) is 2.18. The van der Waals surface area contributed by atoms with E-state index >= 15 is 0 Å². The summed E-state index contributed by atoms with van der Waals surface area (Å²) < 4.78 is 16.0. The molecular weight excluding hydrogens is 300 g/mol. The number of ether oxygens (including phenoxy) is 2. The molecule has 2 aromatic rings. The smallest absolute Gasteiger partial charge is 0.308 e. The number of esters is 1. The van der Waals surface area contributed by atoms with Crippen molar-refractivity contribution in [1.82, 2.24) is 5.01 Å². The van der Waals surface area contributed by atoms with Crippen LogP contribution in [0.4, 0.5) is 0 Å². The van der Waals surface area contributed by atoms with Crippen LogP contribution in [-0.4, -0.2) is 22.8 Å². The van der Waals surface area contributed by atoms with Gasteiger partial charge in [-0.25, -0.2) is 0 Å². The molecule has 0 unspecified atom stereocenters. The van der Waals surface area contributed by atoms with Gasteiger partial charge in [-0.1, -0.05) is 12.1 Å². The van der Waals surface area contributed by atoms with Crippen LogP contribution < -0.4 is 4.74 Å². The SMILES string of the molecule is CC(=O)Oc1cccc([C@H]2OC(c3ccco3)=NN2C(C)=O)c1. The fraction of sp³-hybridized carbons (Fsp3) is 0.188. The zero-order valence-corrected chi connectivity index (χ0v) is 12.6. The first-order valence-corrected chi connectivity index (χ1v) is 6.92. The summed E-state index contributed by atoms with van der Waals surface area (Å²) in [4.78, 5) is 22.9. The molecule has 0 saturated heterocycles. The second kappa shape index (κ2) is 5.96. The molecule has 1 aromatic heterocycles. The number of hydrogen-bond donors (Lipinski definition) is 0. The van der Waals surface area contributed by atoms with Crippen molar-refractivity contribution in [2.75, 3.05) is 0 Å². The first kappa shape index (κ1) is 14.8. The quantitative estimate of drug-likeness (QED) is 0.642. The molecule has 0 N–H and O–H groups in total. The summed E-state index contributed by atoms with van der Waals surface area (Å²) in [7, 11) is 0. The van der Waals surface area contributed by atoms with Gasteiger partial charge in [-0.3, -0.25) is 9.59 Å². The molecule has 0 spiro atoms. The highest BCUT2D eigenvalue weighted by atomic mass is 16.5. The van der Waals surface area contributed by atoms with Gasteiger partial charge in [0.2, 0.25) is 12.1 Å². The average molecular weight is 314 g/mol. The second-order valence-corrected chi connectivity index (χ2v) is 4.88. The van der Waals surface area contributed by atoms with E-state index in [0.29, 0.717) is 17.1 Å². The maximum atomic E-state index is 11.8. The number of rotatable bonds is 3. The van der Waals surface area contributed by atoms with E-state index in [4.69, 9.17) is 13.9 Å². The molecule has 1 aromatic carbocycles. The van der Waals surface area contributed by atoms with Gasteiger partial charge in [-0.2, -0.15) is 5.01 Å². The van der Waals surface area contributed by atoms with Crippen LogP contribution >= 0.6 is 0 Å². The molecule has 23 heavy (non-hydrogen) atoms. The average Bonchev–Trinajstić information content (AvgIpc) is 3.16. The van der Waals surface area contributed by atoms with Crippen LogP contribution in [0.15, 0.2) is 52.2 Å². The largest absolute Gasteiger partial charge is 0.459 e. The zero-order valence-electron chi connectivity index (χ0n) is 12.6. The lowest BCUT2D eigenvalue weighted by Crippen LogP contribution is -2.25. The lowest BCUT2D eigenvalue weighted by atomic mass is 10.2. The normalized spacial score (nSPS) is 16.7. The van der Waals surface area contributed by atoms with Crippen molar-refractivity contribution >= 4 is 17.8 Å². The third-order valence-electron chi connectivity index (χ3n) is 3.10. The van der Waals surface area contributed by atoms with Gasteiger partial charge in [-0.15, -0.1) is 5.10 Å². The van der Waals surface area contributed by atoms with E-state index in [1.165, 1.54) is 25.1 Å². The standard InChI is InChI=1S/C16H14N2O5/c1-10(19)18-16(23-15(17-18)14-7-4-8-21-14)12-5-3-6-13(9-12)22-11(2)20/h3-9,16H,1-2H3/t16-/m1/s1. The predicted octanol–water partition coefficient (Wildman–Crippen LogP) is 2.44. The van der Waals surface area contributed by atoms with Crippen molar-refractivity contribution in [3.05, 3.63) is 54.0 Å². The Hall–Kier alpha value is -3.09. The van der Waals surface area contributed by atoms with Gasteiger partial charge in [0.05, 0.1) is 6.26 Å². The summed E-state index contributed by atoms with van der Waals surface area (Å²) in [5, 5.41) is 5.37. The topological polar surface area (TPSA) is 81.3 Å². The Bertz CT molecular complexity index is 767. The van der Waals surface area contributed by atoms with Gasteiger partial charge in [0, 0.05) is 19.4 Å². The van der Waals surface area contributed by atoms with Crippen LogP contribution in [-0.2, 0) is 14.3 Å². The van der Waals surface area contributed by atoms with E-state index in [9.17, 15) is 9.59 Å². The molecule has 1 aliphatic rings. The van der Waals surface area contributed by atoms with Crippen molar-refractivity contribution in [3.8, 4) is 5.75 Å². The predicted molar refractivity (Wildman–Crippen MR) is 79.3 cm³/mol. The number of hydrazone groups is 1. The molecule has 7 heteroatoms.